The van der Waals surface area contributed by atoms with E-state index >= 15 is 0 Å². The summed E-state index contributed by atoms with van der Waals surface area (Å²) in [5.41, 5.74) is 3.10. The van der Waals surface area contributed by atoms with Crippen LogP contribution < -0.4 is 5.32 Å². The zero-order valence-electron chi connectivity index (χ0n) is 18.0. The number of benzene rings is 1. The van der Waals surface area contributed by atoms with E-state index < -0.39 is 0 Å². The Hall–Kier alpha value is -2.24. The summed E-state index contributed by atoms with van der Waals surface area (Å²) < 4.78 is 5.62. The van der Waals surface area contributed by atoms with Crippen LogP contribution in [0.1, 0.15) is 38.2 Å². The van der Waals surface area contributed by atoms with E-state index in [1.54, 1.807) is 6.20 Å². The summed E-state index contributed by atoms with van der Waals surface area (Å²) in [6.07, 6.45) is 8.24. The highest BCUT2D eigenvalue weighted by molar-refractivity contribution is 5.83. The minimum atomic E-state index is -0.372. The zero-order valence-corrected chi connectivity index (χ0v) is 18.0. The Bertz CT molecular complexity index is 816. The second-order valence-corrected chi connectivity index (χ2v) is 8.71. The Morgan fingerprint density at radius 3 is 2.70 bits per heavy atom. The average Bonchev–Trinajstić information content (AvgIpc) is 2.81. The van der Waals surface area contributed by atoms with E-state index in [9.17, 15) is 4.79 Å². The number of hydrogen-bond acceptors (Lipinski definition) is 4. The van der Waals surface area contributed by atoms with Gasteiger partial charge < -0.3 is 15.0 Å². The molecule has 4 rings (SSSR count). The van der Waals surface area contributed by atoms with Crippen molar-refractivity contribution in [3.8, 4) is 11.1 Å². The first-order chi connectivity index (χ1) is 14.7. The molecule has 160 valence electrons. The molecule has 5 nitrogen and oxygen atoms in total. The van der Waals surface area contributed by atoms with Crippen LogP contribution in [0, 0.1) is 5.41 Å². The maximum atomic E-state index is 13.5. The number of aromatic nitrogens is 1. The highest BCUT2D eigenvalue weighted by Crippen LogP contribution is 2.35. The first-order valence-corrected chi connectivity index (χ1v) is 11.3. The third-order valence-corrected chi connectivity index (χ3v) is 6.71. The monoisotopic (exact) mass is 407 g/mol. The number of likely N-dealkylation sites (tertiary alicyclic amines) is 1. The van der Waals surface area contributed by atoms with Crippen molar-refractivity contribution in [1.29, 1.82) is 0 Å². The summed E-state index contributed by atoms with van der Waals surface area (Å²) in [6.45, 7) is 6.67. The molecule has 2 saturated heterocycles. The van der Waals surface area contributed by atoms with Crippen LogP contribution in [0.2, 0.25) is 0 Å². The number of rotatable bonds is 6. The van der Waals surface area contributed by atoms with Crippen molar-refractivity contribution in [1.82, 2.24) is 15.2 Å². The van der Waals surface area contributed by atoms with E-state index in [4.69, 9.17) is 4.74 Å². The zero-order chi connectivity index (χ0) is 20.8. The molecule has 5 heteroatoms. The second kappa shape index (κ2) is 9.71. The molecule has 0 radical (unpaired) electrons. The normalized spacial score (nSPS) is 21.8. The lowest BCUT2D eigenvalue weighted by Gasteiger charge is -2.39. The van der Waals surface area contributed by atoms with E-state index in [0.717, 1.165) is 62.9 Å². The summed E-state index contributed by atoms with van der Waals surface area (Å²) in [4.78, 5) is 20.1. The van der Waals surface area contributed by atoms with Crippen LogP contribution >= 0.6 is 0 Å². The fourth-order valence-corrected chi connectivity index (χ4v) is 4.78. The van der Waals surface area contributed by atoms with Crippen molar-refractivity contribution < 1.29 is 9.53 Å². The van der Waals surface area contributed by atoms with Crippen molar-refractivity contribution in [2.75, 3.05) is 32.8 Å². The molecule has 3 heterocycles. The van der Waals surface area contributed by atoms with Gasteiger partial charge in [-0.25, -0.2) is 0 Å². The molecule has 0 aliphatic carbocycles. The minimum Gasteiger partial charge on any atom is -0.381 e. The third kappa shape index (κ3) is 4.90. The van der Waals surface area contributed by atoms with Gasteiger partial charge in [-0.3, -0.25) is 9.78 Å². The first-order valence-electron chi connectivity index (χ1n) is 11.3. The topological polar surface area (TPSA) is 54.5 Å². The Balaban J connectivity index is 1.47. The fourth-order valence-electron chi connectivity index (χ4n) is 4.78. The van der Waals surface area contributed by atoms with Crippen molar-refractivity contribution in [3.63, 3.8) is 0 Å². The molecular weight excluding hydrogens is 374 g/mol. The van der Waals surface area contributed by atoms with Gasteiger partial charge in [-0.05, 0) is 68.0 Å². The lowest BCUT2D eigenvalue weighted by molar-refractivity contribution is -0.137. The summed E-state index contributed by atoms with van der Waals surface area (Å²) in [6, 6.07) is 12.9. The van der Waals surface area contributed by atoms with E-state index in [-0.39, 0.29) is 17.4 Å². The van der Waals surface area contributed by atoms with Gasteiger partial charge in [0.2, 0.25) is 5.91 Å². The molecular formula is C25H33N3O2. The van der Waals surface area contributed by atoms with Crippen LogP contribution in [0.25, 0.3) is 11.1 Å². The Kier molecular flexibility index (Phi) is 6.80. The van der Waals surface area contributed by atoms with Crippen molar-refractivity contribution in [2.24, 2.45) is 5.41 Å². The quantitative estimate of drug-likeness (QED) is 0.794. The molecule has 1 unspecified atom stereocenters. The smallest absolute Gasteiger partial charge is 0.226 e. The van der Waals surface area contributed by atoms with Gasteiger partial charge in [-0.15, -0.1) is 0 Å². The molecule has 1 amide bonds. The molecule has 1 atom stereocenters. The van der Waals surface area contributed by atoms with Crippen LogP contribution in [0.5, 0.6) is 0 Å². The van der Waals surface area contributed by atoms with Gasteiger partial charge in [-0.1, -0.05) is 37.3 Å². The molecule has 30 heavy (non-hydrogen) atoms. The van der Waals surface area contributed by atoms with Crippen molar-refractivity contribution >= 4 is 5.91 Å². The van der Waals surface area contributed by atoms with Gasteiger partial charge in [-0.2, -0.15) is 0 Å². The van der Waals surface area contributed by atoms with Crippen molar-refractivity contribution in [2.45, 2.75) is 45.1 Å². The predicted octanol–water partition coefficient (Wildman–Crippen LogP) is 3.69. The maximum absolute atomic E-state index is 13.5. The van der Waals surface area contributed by atoms with Gasteiger partial charge in [0.05, 0.1) is 5.41 Å². The second-order valence-electron chi connectivity index (χ2n) is 8.71. The highest BCUT2D eigenvalue weighted by Gasteiger charge is 2.41. The largest absolute Gasteiger partial charge is 0.381 e. The lowest BCUT2D eigenvalue weighted by atomic mass is 9.74. The number of likely N-dealkylation sites (N-methyl/N-ethyl adjacent to an activating group) is 1. The number of ether oxygens (including phenoxy) is 1. The standard InChI is InChI=1S/C25H33N3O2/c1-2-28-14-4-6-23(19-28)27-24(29)25(11-15-30-16-12-25)17-20-7-9-21(10-8-20)22-5-3-13-26-18-22/h3,5,7-10,13,18,23H,2,4,6,11-12,14-17,19H2,1H3,(H,27,29). The molecule has 2 fully saturated rings. The van der Waals surface area contributed by atoms with Crippen LogP contribution in [0.4, 0.5) is 0 Å². The molecule has 0 spiro atoms. The predicted molar refractivity (Wildman–Crippen MR) is 119 cm³/mol. The summed E-state index contributed by atoms with van der Waals surface area (Å²) in [7, 11) is 0. The van der Waals surface area contributed by atoms with E-state index in [1.807, 2.05) is 12.3 Å². The SMILES string of the molecule is CCN1CCCC(NC(=O)C2(Cc3ccc(-c4cccnc4)cc3)CCOCC2)C1. The van der Waals surface area contributed by atoms with Crippen LogP contribution in [-0.4, -0.2) is 54.7 Å². The number of pyridine rings is 1. The van der Waals surface area contributed by atoms with Gasteiger partial charge in [0.25, 0.3) is 0 Å². The average molecular weight is 408 g/mol. The van der Waals surface area contributed by atoms with Crippen LogP contribution in [0.3, 0.4) is 0 Å². The van der Waals surface area contributed by atoms with Crippen molar-refractivity contribution in [3.05, 3.63) is 54.4 Å². The van der Waals surface area contributed by atoms with Crippen LogP contribution in [-0.2, 0) is 16.0 Å². The van der Waals surface area contributed by atoms with E-state index in [2.05, 4.69) is 52.5 Å². The first kappa shape index (κ1) is 21.0. The number of hydrogen-bond donors (Lipinski definition) is 1. The summed E-state index contributed by atoms with van der Waals surface area (Å²) >= 11 is 0. The molecule has 1 N–H and O–H groups in total. The molecule has 0 saturated carbocycles. The lowest BCUT2D eigenvalue weighted by Crippen LogP contribution is -2.53. The van der Waals surface area contributed by atoms with Gasteiger partial charge >= 0.3 is 0 Å². The fraction of sp³-hybridized carbons (Fsp3) is 0.520. The molecule has 2 aliphatic rings. The summed E-state index contributed by atoms with van der Waals surface area (Å²) in [5.74, 6) is 0.213. The Morgan fingerprint density at radius 2 is 2.00 bits per heavy atom. The molecule has 2 aromatic rings. The highest BCUT2D eigenvalue weighted by atomic mass is 16.5. The molecule has 0 bridgehead atoms. The number of nitrogens with one attached hydrogen (secondary N) is 1. The van der Waals surface area contributed by atoms with E-state index in [1.165, 1.54) is 5.56 Å². The number of piperidine rings is 1. The number of carbonyl (C=O) groups excluding carboxylic acids is 1. The minimum absolute atomic E-state index is 0.213. The molecule has 2 aliphatic heterocycles. The summed E-state index contributed by atoms with van der Waals surface area (Å²) in [5, 5.41) is 3.41. The van der Waals surface area contributed by atoms with Gasteiger partial charge in [0.15, 0.2) is 0 Å². The Labute approximate surface area is 179 Å². The third-order valence-electron chi connectivity index (χ3n) is 6.71. The Morgan fingerprint density at radius 1 is 1.20 bits per heavy atom. The maximum Gasteiger partial charge on any atom is 0.226 e. The van der Waals surface area contributed by atoms with Gasteiger partial charge in [0.1, 0.15) is 0 Å². The number of amides is 1. The number of carbonyl (C=O) groups is 1. The van der Waals surface area contributed by atoms with Crippen LogP contribution in [0.15, 0.2) is 48.8 Å². The molecule has 1 aromatic carbocycles. The van der Waals surface area contributed by atoms with Gasteiger partial charge in [0, 0.05) is 38.2 Å². The number of nitrogens with zero attached hydrogens (tertiary/aromatic N) is 2. The molecule has 1 aromatic heterocycles. The van der Waals surface area contributed by atoms with E-state index in [0.29, 0.717) is 13.2 Å².